The summed E-state index contributed by atoms with van der Waals surface area (Å²) < 4.78 is 16.4. The van der Waals surface area contributed by atoms with Crippen molar-refractivity contribution in [1.29, 1.82) is 0 Å². The van der Waals surface area contributed by atoms with Crippen LogP contribution in [0.5, 0.6) is 17.2 Å². The minimum Gasteiger partial charge on any atom is -0.506 e. The molecule has 27 heavy (non-hydrogen) atoms. The first-order valence-electron chi connectivity index (χ1n) is 8.68. The molecule has 0 aromatic heterocycles. The maximum absolute atomic E-state index is 12.1. The van der Waals surface area contributed by atoms with E-state index in [1.165, 1.54) is 18.9 Å². The van der Waals surface area contributed by atoms with Crippen LogP contribution in [0.3, 0.4) is 0 Å². The highest BCUT2D eigenvalue weighted by atomic mass is 32.2. The van der Waals surface area contributed by atoms with Gasteiger partial charge in [-0.3, -0.25) is 0 Å². The molecule has 0 amide bonds. The van der Waals surface area contributed by atoms with E-state index in [0.717, 1.165) is 16.9 Å². The maximum Gasteiger partial charge on any atom is 0.341 e. The number of ether oxygens (including phenoxy) is 3. The Balaban J connectivity index is 2.06. The molecule has 144 valence electrons. The zero-order chi connectivity index (χ0) is 19.8. The average molecular weight is 388 g/mol. The predicted octanol–water partition coefficient (Wildman–Crippen LogP) is 4.71. The standard InChI is InChI=1S/C21H24O5S/c1-21(2,3)15-10-14(20(23)25-5)17(22)19-18(15)26-16(11-27-19)12-6-8-13(24-4)9-7-12/h6-10,16,22H,11H2,1-5H3. The summed E-state index contributed by atoms with van der Waals surface area (Å²) in [6, 6.07) is 9.45. The van der Waals surface area contributed by atoms with Gasteiger partial charge < -0.3 is 19.3 Å². The van der Waals surface area contributed by atoms with Crippen LogP contribution >= 0.6 is 11.8 Å². The zero-order valence-electron chi connectivity index (χ0n) is 16.2. The Labute approximate surface area is 163 Å². The Hall–Kier alpha value is -2.34. The van der Waals surface area contributed by atoms with Gasteiger partial charge in [0.2, 0.25) is 0 Å². The number of methoxy groups -OCH3 is 2. The molecule has 0 saturated carbocycles. The van der Waals surface area contributed by atoms with Gasteiger partial charge >= 0.3 is 5.97 Å². The van der Waals surface area contributed by atoms with E-state index < -0.39 is 5.97 Å². The molecule has 5 nitrogen and oxygen atoms in total. The number of benzene rings is 2. The van der Waals surface area contributed by atoms with E-state index in [2.05, 4.69) is 0 Å². The van der Waals surface area contributed by atoms with Crippen molar-refractivity contribution in [3.05, 3.63) is 47.0 Å². The molecule has 0 saturated heterocycles. The van der Waals surface area contributed by atoms with E-state index in [1.54, 1.807) is 13.2 Å². The van der Waals surface area contributed by atoms with E-state index >= 15 is 0 Å². The van der Waals surface area contributed by atoms with E-state index in [4.69, 9.17) is 14.2 Å². The molecule has 6 heteroatoms. The minimum atomic E-state index is -0.557. The van der Waals surface area contributed by atoms with Crippen LogP contribution in [-0.4, -0.2) is 31.0 Å². The van der Waals surface area contributed by atoms with Gasteiger partial charge in [-0.2, -0.15) is 0 Å². The van der Waals surface area contributed by atoms with Crippen molar-refractivity contribution in [2.24, 2.45) is 0 Å². The topological polar surface area (TPSA) is 65.0 Å². The molecule has 0 aliphatic carbocycles. The summed E-state index contributed by atoms with van der Waals surface area (Å²) in [6.45, 7) is 6.14. The highest BCUT2D eigenvalue weighted by molar-refractivity contribution is 7.99. The lowest BCUT2D eigenvalue weighted by Crippen LogP contribution is -2.21. The second kappa shape index (κ2) is 7.35. The Morgan fingerprint density at radius 1 is 1.22 bits per heavy atom. The Kier molecular flexibility index (Phi) is 5.29. The molecule has 2 aromatic carbocycles. The van der Waals surface area contributed by atoms with Crippen molar-refractivity contribution in [3.8, 4) is 17.2 Å². The molecule has 0 spiro atoms. The molecule has 1 N–H and O–H groups in total. The second-order valence-corrected chi connectivity index (χ2v) is 8.44. The fourth-order valence-corrected chi connectivity index (χ4v) is 4.14. The van der Waals surface area contributed by atoms with Gasteiger partial charge in [0.15, 0.2) is 0 Å². The summed E-state index contributed by atoms with van der Waals surface area (Å²) in [5, 5.41) is 10.6. The van der Waals surface area contributed by atoms with E-state index in [9.17, 15) is 9.90 Å². The quantitative estimate of drug-likeness (QED) is 0.768. The summed E-state index contributed by atoms with van der Waals surface area (Å²) in [7, 11) is 2.94. The molecule has 0 radical (unpaired) electrons. The van der Waals surface area contributed by atoms with Crippen molar-refractivity contribution in [1.82, 2.24) is 0 Å². The number of phenols is 1. The fourth-order valence-electron chi connectivity index (χ4n) is 3.02. The van der Waals surface area contributed by atoms with Crippen molar-refractivity contribution in [3.63, 3.8) is 0 Å². The summed E-state index contributed by atoms with van der Waals surface area (Å²) in [5.74, 6) is 1.41. The Morgan fingerprint density at radius 3 is 2.44 bits per heavy atom. The lowest BCUT2D eigenvalue weighted by molar-refractivity contribution is 0.0596. The van der Waals surface area contributed by atoms with Crippen LogP contribution in [0.4, 0.5) is 0 Å². The van der Waals surface area contributed by atoms with Crippen LogP contribution in [0.15, 0.2) is 35.2 Å². The van der Waals surface area contributed by atoms with Gasteiger partial charge in [0, 0.05) is 11.3 Å². The summed E-state index contributed by atoms with van der Waals surface area (Å²) in [4.78, 5) is 12.7. The van der Waals surface area contributed by atoms with Crippen molar-refractivity contribution in [2.75, 3.05) is 20.0 Å². The van der Waals surface area contributed by atoms with Crippen LogP contribution in [-0.2, 0) is 10.2 Å². The monoisotopic (exact) mass is 388 g/mol. The Morgan fingerprint density at radius 2 is 1.89 bits per heavy atom. The first kappa shape index (κ1) is 19.4. The highest BCUT2D eigenvalue weighted by Gasteiger charge is 2.33. The predicted molar refractivity (Wildman–Crippen MR) is 105 cm³/mol. The Bertz CT molecular complexity index is 852. The average Bonchev–Trinajstić information content (AvgIpc) is 2.66. The third-order valence-corrected chi connectivity index (χ3v) is 5.69. The van der Waals surface area contributed by atoms with E-state index in [0.29, 0.717) is 16.4 Å². The van der Waals surface area contributed by atoms with Crippen LogP contribution in [0, 0.1) is 0 Å². The number of carbonyl (C=O) groups excluding carboxylic acids is 1. The second-order valence-electron chi connectivity index (χ2n) is 7.41. The molecule has 1 heterocycles. The molecule has 3 rings (SSSR count). The molecule has 1 atom stereocenters. The first-order chi connectivity index (χ1) is 12.8. The summed E-state index contributed by atoms with van der Waals surface area (Å²) >= 11 is 1.49. The summed E-state index contributed by atoms with van der Waals surface area (Å²) in [5.41, 5.74) is 1.79. The molecule has 0 bridgehead atoms. The summed E-state index contributed by atoms with van der Waals surface area (Å²) in [6.07, 6.45) is -0.155. The number of fused-ring (bicyclic) bond motifs is 1. The molecule has 1 aliphatic heterocycles. The van der Waals surface area contributed by atoms with Crippen LogP contribution in [0.1, 0.15) is 48.4 Å². The van der Waals surface area contributed by atoms with Crippen LogP contribution in [0.25, 0.3) is 0 Å². The van der Waals surface area contributed by atoms with Gasteiger partial charge in [-0.05, 0) is 29.2 Å². The molecular formula is C21H24O5S. The van der Waals surface area contributed by atoms with E-state index in [1.807, 2.05) is 45.0 Å². The molecule has 1 unspecified atom stereocenters. The van der Waals surface area contributed by atoms with Gasteiger partial charge in [0.05, 0.1) is 19.1 Å². The minimum absolute atomic E-state index is 0.0805. The number of phenolic OH excluding ortho intramolecular Hbond substituents is 1. The lowest BCUT2D eigenvalue weighted by Gasteiger charge is -2.32. The number of carbonyl (C=O) groups is 1. The fraction of sp³-hybridized carbons (Fsp3) is 0.381. The van der Waals surface area contributed by atoms with Gasteiger partial charge in [0.25, 0.3) is 0 Å². The lowest BCUT2D eigenvalue weighted by atomic mass is 9.85. The van der Waals surface area contributed by atoms with Crippen molar-refractivity contribution >= 4 is 17.7 Å². The number of hydrogen-bond donors (Lipinski definition) is 1. The molecule has 0 fully saturated rings. The smallest absolute Gasteiger partial charge is 0.341 e. The largest absolute Gasteiger partial charge is 0.506 e. The first-order valence-corrected chi connectivity index (χ1v) is 9.67. The third kappa shape index (κ3) is 3.72. The number of thioether (sulfide) groups is 1. The van der Waals surface area contributed by atoms with Gasteiger partial charge in [-0.25, -0.2) is 4.79 Å². The van der Waals surface area contributed by atoms with Crippen molar-refractivity contribution < 1.29 is 24.1 Å². The van der Waals surface area contributed by atoms with Crippen LogP contribution in [0.2, 0.25) is 0 Å². The maximum atomic E-state index is 12.1. The molecular weight excluding hydrogens is 364 g/mol. The van der Waals surface area contributed by atoms with Gasteiger partial charge in [-0.1, -0.05) is 32.9 Å². The number of esters is 1. The van der Waals surface area contributed by atoms with E-state index in [-0.39, 0.29) is 22.8 Å². The van der Waals surface area contributed by atoms with Gasteiger partial charge in [0.1, 0.15) is 28.9 Å². The third-order valence-electron chi connectivity index (χ3n) is 4.55. The molecule has 2 aromatic rings. The molecule has 1 aliphatic rings. The zero-order valence-corrected chi connectivity index (χ0v) is 17.0. The SMILES string of the molecule is COC(=O)c1cc(C(C)(C)C)c2c(c1O)SCC(c1ccc(OC)cc1)O2. The van der Waals surface area contributed by atoms with Gasteiger partial charge in [-0.15, -0.1) is 11.8 Å². The normalized spacial score (nSPS) is 16.3. The number of hydrogen-bond acceptors (Lipinski definition) is 6. The van der Waals surface area contributed by atoms with Crippen molar-refractivity contribution in [2.45, 2.75) is 37.2 Å². The highest BCUT2D eigenvalue weighted by Crippen LogP contribution is 2.51. The number of aromatic hydroxyl groups is 1. The number of rotatable bonds is 3. The van der Waals surface area contributed by atoms with Crippen LogP contribution < -0.4 is 9.47 Å².